The molecule has 0 spiro atoms. The lowest BCUT2D eigenvalue weighted by atomic mass is 9.94. The van der Waals surface area contributed by atoms with Crippen LogP contribution in [0, 0.1) is 0 Å². The Bertz CT molecular complexity index is 1420. The highest BCUT2D eigenvalue weighted by Crippen LogP contribution is 2.38. The highest BCUT2D eigenvalue weighted by molar-refractivity contribution is 7.80. The Labute approximate surface area is 215 Å². The molecule has 0 saturated heterocycles. The van der Waals surface area contributed by atoms with E-state index in [1.165, 1.54) is 0 Å². The van der Waals surface area contributed by atoms with E-state index < -0.39 is 0 Å². The van der Waals surface area contributed by atoms with E-state index in [-0.39, 0.29) is 6.04 Å². The normalized spacial score (nSPS) is 15.6. The molecule has 0 aliphatic carbocycles. The molecule has 4 aromatic rings. The second-order valence-corrected chi connectivity index (χ2v) is 8.73. The largest absolute Gasteiger partial charge is 0.497 e. The number of aromatic nitrogens is 2. The maximum absolute atomic E-state index is 5.84. The third-order valence-corrected chi connectivity index (χ3v) is 6.57. The van der Waals surface area contributed by atoms with Gasteiger partial charge in [0.05, 0.1) is 32.4 Å². The molecule has 182 valence electrons. The summed E-state index contributed by atoms with van der Waals surface area (Å²) in [5, 5.41) is 8.39. The van der Waals surface area contributed by atoms with Crippen LogP contribution in [0.25, 0.3) is 17.0 Å². The summed E-state index contributed by atoms with van der Waals surface area (Å²) in [6, 6.07) is 25.4. The Morgan fingerprint density at radius 3 is 2.53 bits per heavy atom. The van der Waals surface area contributed by atoms with Crippen molar-refractivity contribution < 1.29 is 14.0 Å². The summed E-state index contributed by atoms with van der Waals surface area (Å²) in [5.41, 5.74) is 4.67. The van der Waals surface area contributed by atoms with Crippen LogP contribution in [0.15, 0.2) is 89.1 Å². The third-order valence-electron chi connectivity index (χ3n) is 6.23. The fourth-order valence-corrected chi connectivity index (χ4v) is 4.68. The van der Waals surface area contributed by atoms with Crippen molar-refractivity contribution in [3.05, 3.63) is 102 Å². The Hall–Kier alpha value is -4.17. The van der Waals surface area contributed by atoms with Gasteiger partial charge in [-0.25, -0.2) is 0 Å². The molecule has 2 heterocycles. The van der Waals surface area contributed by atoms with Crippen LogP contribution in [-0.2, 0) is 6.54 Å². The van der Waals surface area contributed by atoms with Crippen LogP contribution in [0.4, 0.5) is 0 Å². The van der Waals surface area contributed by atoms with E-state index in [2.05, 4.69) is 22.6 Å². The molecule has 1 atom stereocenters. The van der Waals surface area contributed by atoms with Gasteiger partial charge in [-0.05, 0) is 42.9 Å². The zero-order chi connectivity index (χ0) is 25.1. The summed E-state index contributed by atoms with van der Waals surface area (Å²) in [6.45, 7) is 2.56. The maximum Gasteiger partial charge on any atom is 0.258 e. The molecule has 0 amide bonds. The molecule has 0 saturated carbocycles. The molecule has 7 nitrogen and oxygen atoms in total. The Kier molecular flexibility index (Phi) is 6.69. The molecule has 8 heteroatoms. The molecule has 0 fully saturated rings. The summed E-state index contributed by atoms with van der Waals surface area (Å²) in [4.78, 5) is 6.82. The van der Waals surface area contributed by atoms with Crippen molar-refractivity contribution in [3.8, 4) is 22.9 Å². The minimum absolute atomic E-state index is 0.244. The lowest BCUT2D eigenvalue weighted by molar-refractivity contribution is 0.387. The third kappa shape index (κ3) is 4.55. The van der Waals surface area contributed by atoms with Crippen LogP contribution < -0.4 is 14.8 Å². The average Bonchev–Trinajstić information content (AvgIpc) is 3.41. The Morgan fingerprint density at radius 1 is 0.972 bits per heavy atom. The van der Waals surface area contributed by atoms with Gasteiger partial charge in [0.15, 0.2) is 5.11 Å². The molecule has 36 heavy (non-hydrogen) atoms. The minimum atomic E-state index is -0.244. The monoisotopic (exact) mass is 498 g/mol. The van der Waals surface area contributed by atoms with Gasteiger partial charge in [-0.15, -0.1) is 0 Å². The van der Waals surface area contributed by atoms with Crippen molar-refractivity contribution >= 4 is 22.9 Å². The number of nitrogens with zero attached hydrogens (tertiary/aromatic N) is 3. The lowest BCUT2D eigenvalue weighted by Crippen LogP contribution is -2.45. The second-order valence-electron chi connectivity index (χ2n) is 8.35. The fourth-order valence-electron chi connectivity index (χ4n) is 4.36. The molecule has 1 aliphatic rings. The Morgan fingerprint density at radius 2 is 1.75 bits per heavy atom. The summed E-state index contributed by atoms with van der Waals surface area (Å²) in [6.07, 6.45) is 0. The molecule has 0 bridgehead atoms. The van der Waals surface area contributed by atoms with E-state index >= 15 is 0 Å². The van der Waals surface area contributed by atoms with Crippen molar-refractivity contribution in [2.24, 2.45) is 0 Å². The first-order valence-corrected chi connectivity index (χ1v) is 11.9. The average molecular weight is 499 g/mol. The van der Waals surface area contributed by atoms with Gasteiger partial charge in [0.1, 0.15) is 11.5 Å². The quantitative estimate of drug-likeness (QED) is 0.329. The molecule has 1 unspecified atom stereocenters. The molecule has 1 aromatic heterocycles. The maximum atomic E-state index is 5.84. The SMILES string of the molecule is COc1cccc(-c2noc(C3=C(C)N(Cc4ccccc4OC)C(=S)NC3c3ccccc3)n2)c1. The van der Waals surface area contributed by atoms with E-state index in [1.807, 2.05) is 78.6 Å². The number of para-hydroxylation sites is 1. The number of rotatable bonds is 7. The van der Waals surface area contributed by atoms with Crippen LogP contribution in [0.1, 0.15) is 30.0 Å². The first-order chi connectivity index (χ1) is 17.6. The molecular weight excluding hydrogens is 472 g/mol. The summed E-state index contributed by atoms with van der Waals surface area (Å²) < 4.78 is 16.8. The zero-order valence-corrected chi connectivity index (χ0v) is 21.1. The van der Waals surface area contributed by atoms with Gasteiger partial charge >= 0.3 is 0 Å². The first-order valence-electron chi connectivity index (χ1n) is 11.5. The highest BCUT2D eigenvalue weighted by Gasteiger charge is 2.34. The van der Waals surface area contributed by atoms with Crippen molar-refractivity contribution in [2.75, 3.05) is 14.2 Å². The molecular formula is C28H26N4O3S. The Balaban J connectivity index is 1.59. The van der Waals surface area contributed by atoms with Crippen LogP contribution in [-0.4, -0.2) is 34.4 Å². The van der Waals surface area contributed by atoms with Gasteiger partial charge in [-0.3, -0.25) is 0 Å². The first kappa shape index (κ1) is 23.6. The van der Waals surface area contributed by atoms with E-state index in [0.717, 1.165) is 39.5 Å². The lowest BCUT2D eigenvalue weighted by Gasteiger charge is -2.37. The van der Waals surface area contributed by atoms with Gasteiger partial charge in [0.2, 0.25) is 5.82 Å². The number of allylic oxidation sites excluding steroid dienone is 1. The van der Waals surface area contributed by atoms with Gasteiger partial charge in [-0.1, -0.05) is 65.8 Å². The predicted molar refractivity (Wildman–Crippen MR) is 142 cm³/mol. The number of nitrogens with one attached hydrogen (secondary N) is 1. The van der Waals surface area contributed by atoms with E-state index in [0.29, 0.717) is 23.4 Å². The standard InChI is InChI=1S/C28H26N4O3S/c1-18-24(27-30-26(31-35-27)20-13-9-14-22(16-20)33-2)25(19-10-5-4-6-11-19)29-28(36)32(18)17-21-12-7-8-15-23(21)34-3/h4-16,25H,17H2,1-3H3,(H,29,36). The fraction of sp³-hybridized carbons (Fsp3) is 0.179. The van der Waals surface area contributed by atoms with E-state index in [9.17, 15) is 0 Å². The predicted octanol–water partition coefficient (Wildman–Crippen LogP) is 5.62. The summed E-state index contributed by atoms with van der Waals surface area (Å²) >= 11 is 5.83. The minimum Gasteiger partial charge on any atom is -0.497 e. The summed E-state index contributed by atoms with van der Waals surface area (Å²) in [5.74, 6) is 2.45. The van der Waals surface area contributed by atoms with Crippen LogP contribution in [0.3, 0.4) is 0 Å². The molecule has 3 aromatic carbocycles. The smallest absolute Gasteiger partial charge is 0.258 e. The number of hydrogen-bond donors (Lipinski definition) is 1. The zero-order valence-electron chi connectivity index (χ0n) is 20.3. The van der Waals surface area contributed by atoms with Gasteiger partial charge in [0.25, 0.3) is 5.89 Å². The van der Waals surface area contributed by atoms with Crippen LogP contribution in [0.5, 0.6) is 11.5 Å². The van der Waals surface area contributed by atoms with Crippen molar-refractivity contribution in [2.45, 2.75) is 19.5 Å². The van der Waals surface area contributed by atoms with Crippen molar-refractivity contribution in [1.82, 2.24) is 20.4 Å². The van der Waals surface area contributed by atoms with Gasteiger partial charge in [0, 0.05) is 16.8 Å². The molecule has 0 radical (unpaired) electrons. The van der Waals surface area contributed by atoms with E-state index in [4.69, 9.17) is 31.2 Å². The van der Waals surface area contributed by atoms with Crippen molar-refractivity contribution in [3.63, 3.8) is 0 Å². The van der Waals surface area contributed by atoms with Crippen LogP contribution in [0.2, 0.25) is 0 Å². The van der Waals surface area contributed by atoms with Crippen LogP contribution >= 0.6 is 12.2 Å². The highest BCUT2D eigenvalue weighted by atomic mass is 32.1. The second kappa shape index (κ2) is 10.2. The summed E-state index contributed by atoms with van der Waals surface area (Å²) in [7, 11) is 3.30. The number of thiocarbonyl (C=S) groups is 1. The number of methoxy groups -OCH3 is 2. The molecule has 1 aliphatic heterocycles. The van der Waals surface area contributed by atoms with Gasteiger partial charge in [-0.2, -0.15) is 4.98 Å². The number of hydrogen-bond acceptors (Lipinski definition) is 6. The van der Waals surface area contributed by atoms with E-state index in [1.54, 1.807) is 14.2 Å². The van der Waals surface area contributed by atoms with Gasteiger partial charge < -0.3 is 24.2 Å². The number of ether oxygens (including phenoxy) is 2. The number of benzene rings is 3. The topological polar surface area (TPSA) is 72.7 Å². The molecule has 1 N–H and O–H groups in total. The van der Waals surface area contributed by atoms with Crippen molar-refractivity contribution in [1.29, 1.82) is 0 Å². The molecule has 5 rings (SSSR count).